The van der Waals surface area contributed by atoms with Gasteiger partial charge in [-0.15, -0.1) is 0 Å². The van der Waals surface area contributed by atoms with E-state index in [9.17, 15) is 9.59 Å². The Balaban J connectivity index is 2.76. The number of hydrogen-bond acceptors (Lipinski definition) is 3. The molecule has 0 bridgehead atoms. The number of carbonyl (C=O) groups is 2. The van der Waals surface area contributed by atoms with Crippen molar-refractivity contribution in [3.63, 3.8) is 0 Å². The number of benzene rings is 1. The van der Waals surface area contributed by atoms with Crippen LogP contribution in [-0.2, 0) is 4.79 Å². The highest BCUT2D eigenvalue weighted by Gasteiger charge is 2.21. The minimum Gasteiger partial charge on any atom is -0.495 e. The molecule has 6 nitrogen and oxygen atoms in total. The summed E-state index contributed by atoms with van der Waals surface area (Å²) in [6, 6.07) is 3.89. The molecule has 1 rings (SSSR count). The SMILES string of the molecule is COc1ccc(C)cc1NC(=O)N[C@H](CC(C)C)C(=O)O. The van der Waals surface area contributed by atoms with Crippen molar-refractivity contribution in [1.29, 1.82) is 0 Å². The minimum absolute atomic E-state index is 0.167. The molecule has 0 spiro atoms. The van der Waals surface area contributed by atoms with Crippen molar-refractivity contribution < 1.29 is 19.4 Å². The topological polar surface area (TPSA) is 87.7 Å². The zero-order chi connectivity index (χ0) is 16.0. The Hall–Kier alpha value is -2.24. The van der Waals surface area contributed by atoms with E-state index < -0.39 is 18.0 Å². The molecule has 2 amide bonds. The van der Waals surface area contributed by atoms with Crippen LogP contribution in [0.1, 0.15) is 25.8 Å². The number of urea groups is 1. The monoisotopic (exact) mass is 294 g/mol. The third-order valence-electron chi connectivity index (χ3n) is 2.91. The zero-order valence-electron chi connectivity index (χ0n) is 12.8. The summed E-state index contributed by atoms with van der Waals surface area (Å²) in [4.78, 5) is 23.1. The summed E-state index contributed by atoms with van der Waals surface area (Å²) < 4.78 is 5.16. The second-order valence-corrected chi connectivity index (χ2v) is 5.32. The van der Waals surface area contributed by atoms with Gasteiger partial charge in [0.05, 0.1) is 12.8 Å². The Morgan fingerprint density at radius 1 is 1.33 bits per heavy atom. The first-order chi connectivity index (χ1) is 9.83. The van der Waals surface area contributed by atoms with Crippen LogP contribution in [0.15, 0.2) is 18.2 Å². The van der Waals surface area contributed by atoms with E-state index in [1.54, 1.807) is 12.1 Å². The zero-order valence-corrected chi connectivity index (χ0v) is 12.8. The number of methoxy groups -OCH3 is 1. The average molecular weight is 294 g/mol. The van der Waals surface area contributed by atoms with Crippen LogP contribution >= 0.6 is 0 Å². The predicted molar refractivity (Wildman–Crippen MR) is 80.8 cm³/mol. The van der Waals surface area contributed by atoms with Gasteiger partial charge in [-0.2, -0.15) is 0 Å². The number of ether oxygens (including phenoxy) is 1. The van der Waals surface area contributed by atoms with Crippen molar-refractivity contribution in [2.75, 3.05) is 12.4 Å². The first-order valence-corrected chi connectivity index (χ1v) is 6.78. The van der Waals surface area contributed by atoms with Gasteiger partial charge in [-0.05, 0) is 37.0 Å². The summed E-state index contributed by atoms with van der Waals surface area (Å²) >= 11 is 0. The molecule has 0 fully saturated rings. The van der Waals surface area contributed by atoms with Crippen molar-refractivity contribution in [2.24, 2.45) is 5.92 Å². The first kappa shape index (κ1) is 16.8. The van der Waals surface area contributed by atoms with Crippen LogP contribution in [0.25, 0.3) is 0 Å². The van der Waals surface area contributed by atoms with Gasteiger partial charge in [0.15, 0.2) is 0 Å². The van der Waals surface area contributed by atoms with Crippen LogP contribution in [0, 0.1) is 12.8 Å². The molecule has 0 aliphatic heterocycles. The lowest BCUT2D eigenvalue weighted by molar-refractivity contribution is -0.139. The van der Waals surface area contributed by atoms with Gasteiger partial charge in [-0.25, -0.2) is 9.59 Å². The van der Waals surface area contributed by atoms with Crippen LogP contribution in [-0.4, -0.2) is 30.3 Å². The Kier molecular flexibility index (Phi) is 6.02. The number of carbonyl (C=O) groups excluding carboxylic acids is 1. The Morgan fingerprint density at radius 2 is 2.00 bits per heavy atom. The number of rotatable bonds is 6. The Bertz CT molecular complexity index is 514. The molecule has 0 unspecified atom stereocenters. The third kappa shape index (κ3) is 5.33. The maximum absolute atomic E-state index is 11.9. The number of hydrogen-bond donors (Lipinski definition) is 3. The highest BCUT2D eigenvalue weighted by molar-refractivity contribution is 5.93. The first-order valence-electron chi connectivity index (χ1n) is 6.78. The van der Waals surface area contributed by atoms with E-state index in [2.05, 4.69) is 10.6 Å². The van der Waals surface area contributed by atoms with Gasteiger partial charge in [-0.1, -0.05) is 19.9 Å². The number of anilines is 1. The second kappa shape index (κ2) is 7.52. The summed E-state index contributed by atoms with van der Waals surface area (Å²) in [6.45, 7) is 5.69. The number of aliphatic carboxylic acids is 1. The minimum atomic E-state index is -1.05. The molecule has 0 aliphatic rings. The molecule has 1 aromatic carbocycles. The van der Waals surface area contributed by atoms with E-state index in [1.807, 2.05) is 26.8 Å². The van der Waals surface area contributed by atoms with Gasteiger partial charge in [-0.3, -0.25) is 0 Å². The number of nitrogens with one attached hydrogen (secondary N) is 2. The van der Waals surface area contributed by atoms with Gasteiger partial charge in [0.1, 0.15) is 11.8 Å². The highest BCUT2D eigenvalue weighted by Crippen LogP contribution is 2.25. The summed E-state index contributed by atoms with van der Waals surface area (Å²) in [7, 11) is 1.51. The molecule has 116 valence electrons. The molecule has 0 heterocycles. The second-order valence-electron chi connectivity index (χ2n) is 5.32. The van der Waals surface area contributed by atoms with Crippen LogP contribution in [0.5, 0.6) is 5.75 Å². The number of amides is 2. The third-order valence-corrected chi connectivity index (χ3v) is 2.91. The highest BCUT2D eigenvalue weighted by atomic mass is 16.5. The van der Waals surface area contributed by atoms with Crippen molar-refractivity contribution in [2.45, 2.75) is 33.2 Å². The van der Waals surface area contributed by atoms with Crippen molar-refractivity contribution in [3.05, 3.63) is 23.8 Å². The maximum atomic E-state index is 11.9. The molecule has 0 radical (unpaired) electrons. The largest absolute Gasteiger partial charge is 0.495 e. The van der Waals surface area contributed by atoms with Crippen molar-refractivity contribution >= 4 is 17.7 Å². The smallest absolute Gasteiger partial charge is 0.326 e. The number of carboxylic acid groups (broad SMARTS) is 1. The standard InChI is InChI=1S/C15H22N2O4/c1-9(2)7-12(14(18)19)17-15(20)16-11-8-10(3)5-6-13(11)21-4/h5-6,8-9,12H,7H2,1-4H3,(H,18,19)(H2,16,17,20)/t12-/m1/s1. The van der Waals surface area contributed by atoms with Gasteiger partial charge < -0.3 is 20.5 Å². The molecular formula is C15H22N2O4. The van der Waals surface area contributed by atoms with Gasteiger partial charge in [0.25, 0.3) is 0 Å². The predicted octanol–water partition coefficient (Wildman–Crippen LogP) is 2.62. The van der Waals surface area contributed by atoms with E-state index in [4.69, 9.17) is 9.84 Å². The van der Waals surface area contributed by atoms with E-state index in [0.29, 0.717) is 17.9 Å². The van der Waals surface area contributed by atoms with Crippen molar-refractivity contribution in [3.8, 4) is 5.75 Å². The maximum Gasteiger partial charge on any atom is 0.326 e. The molecule has 1 aromatic rings. The van der Waals surface area contributed by atoms with E-state index in [1.165, 1.54) is 7.11 Å². The normalized spacial score (nSPS) is 11.9. The molecule has 0 aromatic heterocycles. The fourth-order valence-corrected chi connectivity index (χ4v) is 1.93. The lowest BCUT2D eigenvalue weighted by Gasteiger charge is -2.18. The molecule has 0 saturated heterocycles. The molecule has 6 heteroatoms. The average Bonchev–Trinajstić information content (AvgIpc) is 2.37. The summed E-state index contributed by atoms with van der Waals surface area (Å²) in [5.41, 5.74) is 1.46. The molecule has 1 atom stereocenters. The molecule has 0 aliphatic carbocycles. The fourth-order valence-electron chi connectivity index (χ4n) is 1.93. The van der Waals surface area contributed by atoms with E-state index >= 15 is 0 Å². The number of carboxylic acids is 1. The van der Waals surface area contributed by atoms with Crippen LogP contribution in [0.4, 0.5) is 10.5 Å². The van der Waals surface area contributed by atoms with Crippen LogP contribution in [0.2, 0.25) is 0 Å². The molecule has 3 N–H and O–H groups in total. The van der Waals surface area contributed by atoms with Gasteiger partial charge >= 0.3 is 12.0 Å². The quantitative estimate of drug-likeness (QED) is 0.752. The van der Waals surface area contributed by atoms with Crippen molar-refractivity contribution in [1.82, 2.24) is 5.32 Å². The van der Waals surface area contributed by atoms with Gasteiger partial charge in [0.2, 0.25) is 0 Å². The van der Waals surface area contributed by atoms with Crippen LogP contribution < -0.4 is 15.4 Å². The Morgan fingerprint density at radius 3 is 2.52 bits per heavy atom. The molecule has 21 heavy (non-hydrogen) atoms. The Labute approximate surface area is 124 Å². The number of aryl methyl sites for hydroxylation is 1. The van der Waals surface area contributed by atoms with E-state index in [0.717, 1.165) is 5.56 Å². The molecular weight excluding hydrogens is 272 g/mol. The summed E-state index contributed by atoms with van der Waals surface area (Å²) in [5.74, 6) is -0.360. The lowest BCUT2D eigenvalue weighted by atomic mass is 10.0. The molecule has 0 saturated carbocycles. The van der Waals surface area contributed by atoms with Gasteiger partial charge in [0, 0.05) is 0 Å². The lowest BCUT2D eigenvalue weighted by Crippen LogP contribution is -2.43. The fraction of sp³-hybridized carbons (Fsp3) is 0.467. The summed E-state index contributed by atoms with van der Waals surface area (Å²) in [6.07, 6.45) is 0.369. The van der Waals surface area contributed by atoms with E-state index in [-0.39, 0.29) is 5.92 Å². The summed E-state index contributed by atoms with van der Waals surface area (Å²) in [5, 5.41) is 14.2. The van der Waals surface area contributed by atoms with Crippen LogP contribution in [0.3, 0.4) is 0 Å².